The van der Waals surface area contributed by atoms with Crippen LogP contribution in [0.3, 0.4) is 0 Å². The van der Waals surface area contributed by atoms with Crippen molar-refractivity contribution in [3.63, 3.8) is 0 Å². The fourth-order valence-corrected chi connectivity index (χ4v) is 5.95. The van der Waals surface area contributed by atoms with Crippen molar-refractivity contribution < 1.29 is 4.42 Å². The van der Waals surface area contributed by atoms with E-state index in [-0.39, 0.29) is 0 Å². The van der Waals surface area contributed by atoms with Gasteiger partial charge in [0.25, 0.3) is 0 Å². The summed E-state index contributed by atoms with van der Waals surface area (Å²) in [5.74, 6) is 0. The van der Waals surface area contributed by atoms with E-state index in [0.29, 0.717) is 0 Å². The molecule has 2 heterocycles. The Morgan fingerprint density at radius 2 is 1.15 bits per heavy atom. The van der Waals surface area contributed by atoms with Crippen LogP contribution in [0.25, 0.3) is 71.7 Å². The molecular formula is C37H25NO. The van der Waals surface area contributed by atoms with E-state index in [1.807, 2.05) is 12.1 Å². The van der Waals surface area contributed by atoms with Gasteiger partial charge in [0.05, 0.1) is 11.0 Å². The van der Waals surface area contributed by atoms with Gasteiger partial charge in [-0.05, 0) is 66.1 Å². The van der Waals surface area contributed by atoms with Gasteiger partial charge in [-0.25, -0.2) is 0 Å². The number of hydrogen-bond donors (Lipinski definition) is 0. The third-order valence-corrected chi connectivity index (χ3v) is 7.88. The Bertz CT molecular complexity index is 2160. The van der Waals surface area contributed by atoms with E-state index < -0.39 is 0 Å². The fraction of sp³-hybridized carbons (Fsp3) is 0.0270. The molecule has 0 bridgehead atoms. The summed E-state index contributed by atoms with van der Waals surface area (Å²) in [6, 6.07) is 47.8. The van der Waals surface area contributed by atoms with E-state index in [1.54, 1.807) is 0 Å². The second kappa shape index (κ2) is 8.47. The summed E-state index contributed by atoms with van der Waals surface area (Å²) in [4.78, 5) is 0. The summed E-state index contributed by atoms with van der Waals surface area (Å²) in [5, 5.41) is 4.77. The monoisotopic (exact) mass is 499 g/mol. The van der Waals surface area contributed by atoms with Gasteiger partial charge in [0.15, 0.2) is 0 Å². The molecule has 184 valence electrons. The fourth-order valence-electron chi connectivity index (χ4n) is 5.95. The Labute approximate surface area is 226 Å². The van der Waals surface area contributed by atoms with Gasteiger partial charge in [-0.3, -0.25) is 0 Å². The van der Waals surface area contributed by atoms with E-state index in [4.69, 9.17) is 4.42 Å². The predicted octanol–water partition coefficient (Wildman–Crippen LogP) is 10.3. The zero-order valence-electron chi connectivity index (χ0n) is 21.6. The third-order valence-electron chi connectivity index (χ3n) is 7.88. The van der Waals surface area contributed by atoms with Crippen LogP contribution in [0.4, 0.5) is 0 Å². The lowest BCUT2D eigenvalue weighted by Crippen LogP contribution is -1.93. The van der Waals surface area contributed by atoms with E-state index in [1.165, 1.54) is 44.2 Å². The zero-order valence-corrected chi connectivity index (χ0v) is 21.6. The second-order valence-corrected chi connectivity index (χ2v) is 10.3. The normalized spacial score (nSPS) is 11.7. The van der Waals surface area contributed by atoms with Crippen molar-refractivity contribution in [3.8, 4) is 27.9 Å². The molecule has 39 heavy (non-hydrogen) atoms. The molecule has 0 unspecified atom stereocenters. The summed E-state index contributed by atoms with van der Waals surface area (Å²) in [6.45, 7) is 2.13. The molecule has 0 spiro atoms. The lowest BCUT2D eigenvalue weighted by Gasteiger charge is -2.09. The molecule has 8 aromatic rings. The molecule has 6 aromatic carbocycles. The molecule has 0 aliphatic heterocycles. The minimum absolute atomic E-state index is 0.921. The first-order chi connectivity index (χ1) is 19.2. The summed E-state index contributed by atoms with van der Waals surface area (Å²) >= 11 is 0. The Hall–Kier alpha value is -5.08. The molecule has 0 aliphatic carbocycles. The third kappa shape index (κ3) is 3.42. The van der Waals surface area contributed by atoms with Crippen molar-refractivity contribution in [1.29, 1.82) is 0 Å². The second-order valence-electron chi connectivity index (χ2n) is 10.3. The van der Waals surface area contributed by atoms with Crippen LogP contribution >= 0.6 is 0 Å². The van der Waals surface area contributed by atoms with E-state index >= 15 is 0 Å². The van der Waals surface area contributed by atoms with Crippen LogP contribution in [0, 0.1) is 6.92 Å². The van der Waals surface area contributed by atoms with Crippen LogP contribution in [0.5, 0.6) is 0 Å². The number of hydrogen-bond acceptors (Lipinski definition) is 1. The topological polar surface area (TPSA) is 18.1 Å². The van der Waals surface area contributed by atoms with Crippen LogP contribution in [0.15, 0.2) is 138 Å². The molecule has 2 heteroatoms. The number of fused-ring (bicyclic) bond motifs is 6. The van der Waals surface area contributed by atoms with Gasteiger partial charge in [0, 0.05) is 32.8 Å². The highest BCUT2D eigenvalue weighted by atomic mass is 16.3. The van der Waals surface area contributed by atoms with Crippen molar-refractivity contribution in [2.24, 2.45) is 0 Å². The molecule has 2 aromatic heterocycles. The number of benzene rings is 6. The Morgan fingerprint density at radius 1 is 0.487 bits per heavy atom. The Kier molecular flexibility index (Phi) is 4.77. The molecule has 0 aliphatic rings. The smallest absolute Gasteiger partial charge is 0.143 e. The Balaban J connectivity index is 1.42. The molecule has 2 nitrogen and oxygen atoms in total. The summed E-state index contributed by atoms with van der Waals surface area (Å²) in [7, 11) is 0. The number of nitrogens with zero attached hydrogens (tertiary/aromatic N) is 1. The van der Waals surface area contributed by atoms with Crippen molar-refractivity contribution >= 4 is 43.7 Å². The van der Waals surface area contributed by atoms with E-state index in [2.05, 4.69) is 133 Å². The molecule has 0 radical (unpaired) electrons. The Morgan fingerprint density at radius 3 is 1.95 bits per heavy atom. The van der Waals surface area contributed by atoms with Crippen LogP contribution in [-0.4, -0.2) is 4.57 Å². The van der Waals surface area contributed by atoms with Gasteiger partial charge < -0.3 is 8.98 Å². The van der Waals surface area contributed by atoms with Gasteiger partial charge in [0.1, 0.15) is 11.2 Å². The average molecular weight is 500 g/mol. The molecule has 0 atom stereocenters. The van der Waals surface area contributed by atoms with Gasteiger partial charge in [0.2, 0.25) is 0 Å². The maximum absolute atomic E-state index is 6.39. The highest BCUT2D eigenvalue weighted by molar-refractivity contribution is 6.14. The highest BCUT2D eigenvalue weighted by Gasteiger charge is 2.17. The molecule has 0 saturated carbocycles. The van der Waals surface area contributed by atoms with Crippen LogP contribution in [0.2, 0.25) is 0 Å². The zero-order chi connectivity index (χ0) is 25.9. The van der Waals surface area contributed by atoms with Crippen molar-refractivity contribution in [2.45, 2.75) is 6.92 Å². The minimum atomic E-state index is 0.921. The first-order valence-corrected chi connectivity index (χ1v) is 13.4. The summed E-state index contributed by atoms with van der Waals surface area (Å²) < 4.78 is 8.77. The molecule has 8 rings (SSSR count). The molecular weight excluding hydrogens is 474 g/mol. The molecule has 0 amide bonds. The quantitative estimate of drug-likeness (QED) is 0.236. The first-order valence-electron chi connectivity index (χ1n) is 13.4. The van der Waals surface area contributed by atoms with Crippen LogP contribution in [0.1, 0.15) is 5.56 Å². The standard InChI is InChI=1S/C37H25NO/c1-24-14-18-28(19-15-24)38-34-20-16-26(25-8-3-2-4-9-25)22-32(34)33-23-27(17-21-35(33)38)29-11-7-12-31-30-10-5-6-13-36(30)39-37(29)31/h2-23H,1H3. The van der Waals surface area contributed by atoms with Crippen molar-refractivity contribution in [1.82, 2.24) is 4.57 Å². The number of furan rings is 1. The lowest BCUT2D eigenvalue weighted by molar-refractivity contribution is 0.670. The van der Waals surface area contributed by atoms with Gasteiger partial charge in [-0.2, -0.15) is 0 Å². The van der Waals surface area contributed by atoms with E-state index in [9.17, 15) is 0 Å². The van der Waals surface area contributed by atoms with Crippen LogP contribution < -0.4 is 0 Å². The predicted molar refractivity (Wildman–Crippen MR) is 164 cm³/mol. The highest BCUT2D eigenvalue weighted by Crippen LogP contribution is 2.40. The number of aryl methyl sites for hydroxylation is 1. The average Bonchev–Trinajstić information content (AvgIpc) is 3.53. The minimum Gasteiger partial charge on any atom is -0.455 e. The van der Waals surface area contributed by atoms with Gasteiger partial charge >= 0.3 is 0 Å². The van der Waals surface area contributed by atoms with Gasteiger partial charge in [-0.1, -0.05) is 96.6 Å². The first kappa shape index (κ1) is 22.0. The maximum atomic E-state index is 6.39. The largest absolute Gasteiger partial charge is 0.455 e. The molecule has 0 N–H and O–H groups in total. The van der Waals surface area contributed by atoms with Crippen molar-refractivity contribution in [2.75, 3.05) is 0 Å². The summed E-state index contributed by atoms with van der Waals surface area (Å²) in [6.07, 6.45) is 0. The van der Waals surface area contributed by atoms with Gasteiger partial charge in [-0.15, -0.1) is 0 Å². The number of para-hydroxylation sites is 2. The maximum Gasteiger partial charge on any atom is 0.143 e. The number of rotatable bonds is 3. The molecule has 0 saturated heterocycles. The number of aromatic nitrogens is 1. The lowest BCUT2D eigenvalue weighted by atomic mass is 9.99. The van der Waals surface area contributed by atoms with Crippen LogP contribution in [-0.2, 0) is 0 Å². The van der Waals surface area contributed by atoms with Crippen molar-refractivity contribution in [3.05, 3.63) is 139 Å². The van der Waals surface area contributed by atoms with E-state index in [0.717, 1.165) is 33.1 Å². The summed E-state index contributed by atoms with van der Waals surface area (Å²) in [5.41, 5.74) is 11.4. The SMILES string of the molecule is Cc1ccc(-n2c3ccc(-c4ccccc4)cc3c3cc(-c4cccc5c4oc4ccccc45)ccc32)cc1. The molecule has 0 fully saturated rings.